The van der Waals surface area contributed by atoms with Gasteiger partial charge in [0.25, 0.3) is 5.91 Å². The van der Waals surface area contributed by atoms with Crippen molar-refractivity contribution in [3.63, 3.8) is 0 Å². The van der Waals surface area contributed by atoms with Gasteiger partial charge >= 0.3 is 5.97 Å². The zero-order valence-corrected chi connectivity index (χ0v) is 16.9. The summed E-state index contributed by atoms with van der Waals surface area (Å²) in [6, 6.07) is 16.2. The Morgan fingerprint density at radius 2 is 1.97 bits per heavy atom. The van der Waals surface area contributed by atoms with Crippen molar-refractivity contribution in [2.75, 3.05) is 16.8 Å². The van der Waals surface area contributed by atoms with Crippen LogP contribution < -0.4 is 10.2 Å². The van der Waals surface area contributed by atoms with Crippen LogP contribution in [0.15, 0.2) is 66.9 Å². The predicted molar refractivity (Wildman–Crippen MR) is 118 cm³/mol. The molecule has 7 heteroatoms. The molecule has 0 saturated heterocycles. The van der Waals surface area contributed by atoms with Gasteiger partial charge in [0, 0.05) is 35.7 Å². The van der Waals surface area contributed by atoms with Crippen LogP contribution in [-0.4, -0.2) is 35.4 Å². The lowest BCUT2D eigenvalue weighted by molar-refractivity contribution is -0.143. The number of anilines is 2. The Hall–Kier alpha value is -4.00. The van der Waals surface area contributed by atoms with Gasteiger partial charge in [-0.15, -0.1) is 0 Å². The van der Waals surface area contributed by atoms with E-state index in [1.54, 1.807) is 43.5 Å². The zero-order chi connectivity index (χ0) is 21.8. The molecule has 4 rings (SSSR count). The Labute approximate surface area is 179 Å². The van der Waals surface area contributed by atoms with Crippen LogP contribution in [0.25, 0.3) is 17.0 Å². The zero-order valence-electron chi connectivity index (χ0n) is 16.9. The van der Waals surface area contributed by atoms with Crippen molar-refractivity contribution in [1.29, 1.82) is 0 Å². The molecule has 0 spiro atoms. The second-order valence-corrected chi connectivity index (χ2v) is 7.25. The van der Waals surface area contributed by atoms with E-state index in [9.17, 15) is 14.4 Å². The normalized spacial score (nSPS) is 16.0. The smallest absolute Gasteiger partial charge is 0.331 e. The molecule has 1 unspecified atom stereocenters. The molecule has 1 N–H and O–H groups in total. The largest absolute Gasteiger partial charge is 0.452 e. The third-order valence-corrected chi connectivity index (χ3v) is 5.03. The first-order chi connectivity index (χ1) is 15.0. The molecule has 0 bridgehead atoms. The number of aromatic nitrogens is 1. The lowest BCUT2D eigenvalue weighted by Crippen LogP contribution is -2.41. The highest BCUT2D eigenvalue weighted by Crippen LogP contribution is 2.31. The lowest BCUT2D eigenvalue weighted by atomic mass is 10.1. The third kappa shape index (κ3) is 4.45. The van der Waals surface area contributed by atoms with E-state index in [2.05, 4.69) is 10.3 Å². The van der Waals surface area contributed by atoms with Crippen LogP contribution in [0.2, 0.25) is 0 Å². The number of nitrogens with zero attached hydrogens (tertiary/aromatic N) is 2. The Bertz CT molecular complexity index is 1180. The molecular weight excluding hydrogens is 394 g/mol. The van der Waals surface area contributed by atoms with Gasteiger partial charge < -0.3 is 15.0 Å². The molecule has 1 aliphatic heterocycles. The molecule has 1 atom stereocenters. The van der Waals surface area contributed by atoms with Gasteiger partial charge in [-0.2, -0.15) is 0 Å². The highest BCUT2D eigenvalue weighted by atomic mass is 16.5. The average molecular weight is 415 g/mol. The van der Waals surface area contributed by atoms with Crippen molar-refractivity contribution in [3.05, 3.63) is 72.4 Å². The van der Waals surface area contributed by atoms with Crippen molar-refractivity contribution >= 4 is 46.1 Å². The number of carbonyl (C=O) groups excluding carboxylic acids is 3. The van der Waals surface area contributed by atoms with Crippen LogP contribution in [0.5, 0.6) is 0 Å². The molecule has 0 aliphatic carbocycles. The fraction of sp³-hybridized carbons (Fsp3) is 0.167. The number of rotatable bonds is 4. The highest BCUT2D eigenvalue weighted by molar-refractivity contribution is 6.05. The minimum Gasteiger partial charge on any atom is -0.452 e. The summed E-state index contributed by atoms with van der Waals surface area (Å²) >= 11 is 0. The molecule has 0 radical (unpaired) electrons. The molecule has 2 aromatic carbocycles. The first kappa shape index (κ1) is 20.3. The van der Waals surface area contributed by atoms with E-state index >= 15 is 0 Å². The predicted octanol–water partition coefficient (Wildman–Crippen LogP) is 3.56. The number of carbonyl (C=O) groups is 3. The minimum atomic E-state index is -0.633. The van der Waals surface area contributed by atoms with E-state index < -0.39 is 18.5 Å². The maximum Gasteiger partial charge on any atom is 0.331 e. The second-order valence-electron chi connectivity index (χ2n) is 7.25. The van der Waals surface area contributed by atoms with Crippen LogP contribution >= 0.6 is 0 Å². The molecule has 1 aromatic heterocycles. The Morgan fingerprint density at radius 1 is 1.16 bits per heavy atom. The van der Waals surface area contributed by atoms with Crippen LogP contribution in [0.4, 0.5) is 11.4 Å². The van der Waals surface area contributed by atoms with Crippen molar-refractivity contribution < 1.29 is 19.1 Å². The van der Waals surface area contributed by atoms with Gasteiger partial charge in [0.15, 0.2) is 6.61 Å². The summed E-state index contributed by atoms with van der Waals surface area (Å²) in [5.41, 5.74) is 2.69. The maximum absolute atomic E-state index is 12.9. The standard InChI is InChI=1S/C24H21N3O4/c1-16-14-21(28)26-19-9-2-3-10-20(19)27(16)22(29)15-31-23(30)12-11-18-7-4-6-17-8-5-13-25-24(17)18/h2-13,16H,14-15H2,1H3,(H,26,28)/b12-11+. The summed E-state index contributed by atoms with van der Waals surface area (Å²) in [6.45, 7) is 1.36. The number of fused-ring (bicyclic) bond motifs is 2. The van der Waals surface area contributed by atoms with Crippen molar-refractivity contribution in [2.45, 2.75) is 19.4 Å². The van der Waals surface area contributed by atoms with Crippen LogP contribution in [-0.2, 0) is 19.1 Å². The molecule has 31 heavy (non-hydrogen) atoms. The van der Waals surface area contributed by atoms with Gasteiger partial charge in [-0.3, -0.25) is 14.6 Å². The van der Waals surface area contributed by atoms with Crippen LogP contribution in [0.1, 0.15) is 18.9 Å². The summed E-state index contributed by atoms with van der Waals surface area (Å²) in [4.78, 5) is 43.0. The van der Waals surface area contributed by atoms with Gasteiger partial charge in [0.2, 0.25) is 5.91 Å². The van der Waals surface area contributed by atoms with Gasteiger partial charge in [-0.25, -0.2) is 4.79 Å². The minimum absolute atomic E-state index is 0.155. The van der Waals surface area contributed by atoms with E-state index in [1.165, 1.54) is 11.0 Å². The van der Waals surface area contributed by atoms with Crippen molar-refractivity contribution in [3.8, 4) is 0 Å². The number of nitrogens with one attached hydrogen (secondary N) is 1. The van der Waals surface area contributed by atoms with Gasteiger partial charge in [-0.1, -0.05) is 36.4 Å². The number of amides is 2. The number of ether oxygens (including phenoxy) is 1. The topological polar surface area (TPSA) is 88.6 Å². The molecule has 2 amide bonds. The molecule has 0 saturated carbocycles. The highest BCUT2D eigenvalue weighted by Gasteiger charge is 2.29. The Kier molecular flexibility index (Phi) is 5.75. The Balaban J connectivity index is 1.45. The van der Waals surface area contributed by atoms with E-state index in [4.69, 9.17) is 4.74 Å². The van der Waals surface area contributed by atoms with Crippen LogP contribution in [0.3, 0.4) is 0 Å². The second kappa shape index (κ2) is 8.79. The summed E-state index contributed by atoms with van der Waals surface area (Å²) in [6.07, 6.45) is 4.75. The first-order valence-electron chi connectivity index (χ1n) is 9.92. The molecule has 2 heterocycles. The monoisotopic (exact) mass is 415 g/mol. The first-order valence-corrected chi connectivity index (χ1v) is 9.92. The molecule has 1 aliphatic rings. The molecular formula is C24H21N3O4. The van der Waals surface area contributed by atoms with E-state index in [-0.39, 0.29) is 18.4 Å². The van der Waals surface area contributed by atoms with Crippen molar-refractivity contribution in [1.82, 2.24) is 4.98 Å². The quantitative estimate of drug-likeness (QED) is 0.520. The van der Waals surface area contributed by atoms with E-state index in [1.807, 2.05) is 30.3 Å². The molecule has 156 valence electrons. The third-order valence-electron chi connectivity index (χ3n) is 5.03. The van der Waals surface area contributed by atoms with Crippen molar-refractivity contribution in [2.24, 2.45) is 0 Å². The summed E-state index contributed by atoms with van der Waals surface area (Å²) in [5.74, 6) is -1.20. The number of pyridine rings is 1. The number of hydrogen-bond acceptors (Lipinski definition) is 5. The Morgan fingerprint density at radius 3 is 2.84 bits per heavy atom. The van der Waals surface area contributed by atoms with Gasteiger partial charge in [0.05, 0.1) is 16.9 Å². The van der Waals surface area contributed by atoms with Crippen LogP contribution in [0, 0.1) is 0 Å². The number of benzene rings is 2. The fourth-order valence-corrected chi connectivity index (χ4v) is 3.64. The summed E-state index contributed by atoms with van der Waals surface area (Å²) in [5, 5.41) is 3.76. The fourth-order valence-electron chi connectivity index (χ4n) is 3.64. The summed E-state index contributed by atoms with van der Waals surface area (Å²) in [7, 11) is 0. The molecule has 7 nitrogen and oxygen atoms in total. The molecule has 0 fully saturated rings. The van der Waals surface area contributed by atoms with Gasteiger partial charge in [-0.05, 0) is 31.2 Å². The number of para-hydroxylation sites is 3. The number of hydrogen-bond donors (Lipinski definition) is 1. The van der Waals surface area contributed by atoms with E-state index in [0.29, 0.717) is 11.4 Å². The van der Waals surface area contributed by atoms with Gasteiger partial charge in [0.1, 0.15) is 0 Å². The lowest BCUT2D eigenvalue weighted by Gasteiger charge is -2.27. The summed E-state index contributed by atoms with van der Waals surface area (Å²) < 4.78 is 5.18. The average Bonchev–Trinajstić information content (AvgIpc) is 2.90. The number of esters is 1. The van der Waals surface area contributed by atoms with E-state index in [0.717, 1.165) is 16.5 Å². The molecule has 3 aromatic rings. The maximum atomic E-state index is 12.9. The SMILES string of the molecule is CC1CC(=O)Nc2ccccc2N1C(=O)COC(=O)/C=C/c1cccc2cccnc12.